The lowest BCUT2D eigenvalue weighted by molar-refractivity contribution is -0.139. The molecule has 0 radical (unpaired) electrons. The largest absolute Gasteiger partial charge is 0.480 e. The Balaban J connectivity index is 1.80. The number of nitrogens with one attached hydrogen (secondary N) is 1. The minimum Gasteiger partial charge on any atom is -0.480 e. The molecule has 0 saturated carbocycles. The molecule has 0 bridgehead atoms. The van der Waals surface area contributed by atoms with Crippen LogP contribution in [-0.4, -0.2) is 28.0 Å². The van der Waals surface area contributed by atoms with Gasteiger partial charge in [0.1, 0.15) is 11.9 Å². The number of pyridine rings is 1. The second kappa shape index (κ2) is 7.09. The molecule has 126 valence electrons. The smallest absolute Gasteiger partial charge is 0.326 e. The van der Waals surface area contributed by atoms with Crippen LogP contribution in [0.1, 0.15) is 16.1 Å². The van der Waals surface area contributed by atoms with Crippen LogP contribution in [-0.2, 0) is 11.2 Å². The van der Waals surface area contributed by atoms with Crippen LogP contribution in [0.15, 0.2) is 60.7 Å². The third-order valence-corrected chi connectivity index (χ3v) is 3.79. The molecule has 2 aromatic carbocycles. The Bertz CT molecular complexity index is 943. The molecule has 5 nitrogen and oxygen atoms in total. The van der Waals surface area contributed by atoms with Gasteiger partial charge in [-0.2, -0.15) is 0 Å². The summed E-state index contributed by atoms with van der Waals surface area (Å²) in [4.78, 5) is 28.0. The third-order valence-electron chi connectivity index (χ3n) is 3.79. The Morgan fingerprint density at radius 2 is 1.76 bits per heavy atom. The summed E-state index contributed by atoms with van der Waals surface area (Å²) in [5.74, 6) is -2.68. The van der Waals surface area contributed by atoms with Gasteiger partial charge in [-0.3, -0.25) is 9.78 Å². The fourth-order valence-corrected chi connectivity index (χ4v) is 2.51. The number of rotatable bonds is 5. The molecule has 0 saturated heterocycles. The molecule has 1 amide bonds. The summed E-state index contributed by atoms with van der Waals surface area (Å²) in [5.41, 5.74) is 1.07. The zero-order chi connectivity index (χ0) is 17.8. The van der Waals surface area contributed by atoms with Gasteiger partial charge in [0.15, 0.2) is 0 Å². The first kappa shape index (κ1) is 16.6. The first-order valence-electron chi connectivity index (χ1n) is 7.67. The summed E-state index contributed by atoms with van der Waals surface area (Å²) < 4.78 is 13.7. The number of fused-ring (bicyclic) bond motifs is 1. The lowest BCUT2D eigenvalue weighted by Crippen LogP contribution is -2.42. The number of carbonyl (C=O) groups excluding carboxylic acids is 1. The molecule has 25 heavy (non-hydrogen) atoms. The number of aliphatic carboxylic acids is 1. The maximum absolute atomic E-state index is 13.7. The van der Waals surface area contributed by atoms with Crippen molar-refractivity contribution in [3.05, 3.63) is 77.7 Å². The van der Waals surface area contributed by atoms with Crippen molar-refractivity contribution < 1.29 is 19.1 Å². The molecule has 0 aliphatic carbocycles. The fourth-order valence-electron chi connectivity index (χ4n) is 2.51. The predicted molar refractivity (Wildman–Crippen MR) is 90.7 cm³/mol. The van der Waals surface area contributed by atoms with Crippen molar-refractivity contribution in [3.8, 4) is 0 Å². The minimum absolute atomic E-state index is 0.000357. The standard InChI is InChI=1S/C19H15FN2O3/c20-15-7-3-2-6-14(15)18(23)22-17(19(24)25)11-13-10-9-12-5-1-4-8-16(12)21-13/h1-10,17H,11H2,(H,22,23)(H,24,25)/t17-/m0/s1. The van der Waals surface area contributed by atoms with Crippen LogP contribution in [0.2, 0.25) is 0 Å². The van der Waals surface area contributed by atoms with E-state index in [2.05, 4.69) is 10.3 Å². The summed E-state index contributed by atoms with van der Waals surface area (Å²) in [7, 11) is 0. The molecular weight excluding hydrogens is 323 g/mol. The van der Waals surface area contributed by atoms with Gasteiger partial charge in [0, 0.05) is 17.5 Å². The molecule has 1 aromatic heterocycles. The molecule has 0 aliphatic rings. The van der Waals surface area contributed by atoms with Gasteiger partial charge < -0.3 is 10.4 Å². The molecular formula is C19H15FN2O3. The van der Waals surface area contributed by atoms with Crippen LogP contribution in [0, 0.1) is 5.82 Å². The van der Waals surface area contributed by atoms with E-state index < -0.39 is 23.7 Å². The van der Waals surface area contributed by atoms with E-state index in [1.807, 2.05) is 30.3 Å². The molecule has 0 spiro atoms. The van der Waals surface area contributed by atoms with Crippen molar-refractivity contribution in [1.82, 2.24) is 10.3 Å². The maximum Gasteiger partial charge on any atom is 0.326 e. The molecule has 1 atom stereocenters. The van der Waals surface area contributed by atoms with Crippen LogP contribution >= 0.6 is 0 Å². The zero-order valence-electron chi connectivity index (χ0n) is 13.1. The van der Waals surface area contributed by atoms with E-state index in [4.69, 9.17) is 0 Å². The van der Waals surface area contributed by atoms with Crippen LogP contribution in [0.3, 0.4) is 0 Å². The Hall–Kier alpha value is -3.28. The Labute approximate surface area is 143 Å². The highest BCUT2D eigenvalue weighted by molar-refractivity contribution is 5.96. The normalized spacial score (nSPS) is 11.9. The second-order valence-corrected chi connectivity index (χ2v) is 5.54. The number of hydrogen-bond donors (Lipinski definition) is 2. The number of hydrogen-bond acceptors (Lipinski definition) is 3. The van der Waals surface area contributed by atoms with Gasteiger partial charge >= 0.3 is 5.97 Å². The Kier molecular flexibility index (Phi) is 4.70. The first-order valence-corrected chi connectivity index (χ1v) is 7.67. The van der Waals surface area contributed by atoms with Crippen molar-refractivity contribution in [3.63, 3.8) is 0 Å². The lowest BCUT2D eigenvalue weighted by atomic mass is 10.1. The van der Waals surface area contributed by atoms with E-state index in [1.165, 1.54) is 18.2 Å². The van der Waals surface area contributed by atoms with Gasteiger partial charge in [0.05, 0.1) is 11.1 Å². The van der Waals surface area contributed by atoms with Gasteiger partial charge in [-0.05, 0) is 24.3 Å². The highest BCUT2D eigenvalue weighted by atomic mass is 19.1. The summed E-state index contributed by atoms with van der Waals surface area (Å²) in [5, 5.41) is 12.7. The average Bonchev–Trinajstić information content (AvgIpc) is 2.61. The van der Waals surface area contributed by atoms with Gasteiger partial charge in [-0.1, -0.05) is 36.4 Å². The highest BCUT2D eigenvalue weighted by Gasteiger charge is 2.23. The van der Waals surface area contributed by atoms with E-state index in [0.29, 0.717) is 5.69 Å². The summed E-state index contributed by atoms with van der Waals surface area (Å²) in [6.07, 6.45) is 0.000357. The predicted octanol–water partition coefficient (Wildman–Crippen LogP) is 2.80. The van der Waals surface area contributed by atoms with Crippen LogP contribution < -0.4 is 5.32 Å². The molecule has 1 heterocycles. The average molecular weight is 338 g/mol. The summed E-state index contributed by atoms with van der Waals surface area (Å²) in [6, 6.07) is 15.2. The number of carbonyl (C=O) groups is 2. The number of amides is 1. The van der Waals surface area contributed by atoms with Crippen molar-refractivity contribution in [2.45, 2.75) is 12.5 Å². The molecule has 0 aliphatic heterocycles. The van der Waals surface area contributed by atoms with Crippen LogP contribution in [0.4, 0.5) is 4.39 Å². The first-order chi connectivity index (χ1) is 12.0. The van der Waals surface area contributed by atoms with Crippen LogP contribution in [0.25, 0.3) is 10.9 Å². The van der Waals surface area contributed by atoms with E-state index in [-0.39, 0.29) is 12.0 Å². The Morgan fingerprint density at radius 1 is 1.04 bits per heavy atom. The van der Waals surface area contributed by atoms with Gasteiger partial charge in [-0.15, -0.1) is 0 Å². The number of carboxylic acids is 1. The molecule has 2 N–H and O–H groups in total. The zero-order valence-corrected chi connectivity index (χ0v) is 13.1. The topological polar surface area (TPSA) is 79.3 Å². The van der Waals surface area contributed by atoms with E-state index in [9.17, 15) is 19.1 Å². The molecule has 3 aromatic rings. The highest BCUT2D eigenvalue weighted by Crippen LogP contribution is 2.13. The maximum atomic E-state index is 13.7. The number of nitrogens with zero attached hydrogens (tertiary/aromatic N) is 1. The van der Waals surface area contributed by atoms with Crippen molar-refractivity contribution in [1.29, 1.82) is 0 Å². The molecule has 0 fully saturated rings. The van der Waals surface area contributed by atoms with E-state index >= 15 is 0 Å². The quantitative estimate of drug-likeness (QED) is 0.750. The molecule has 6 heteroatoms. The molecule has 0 unspecified atom stereocenters. The second-order valence-electron chi connectivity index (χ2n) is 5.54. The minimum atomic E-state index is -1.21. The van der Waals surface area contributed by atoms with Gasteiger partial charge in [0.25, 0.3) is 5.91 Å². The van der Waals surface area contributed by atoms with Gasteiger partial charge in [0.2, 0.25) is 0 Å². The number of carboxylic acid groups (broad SMARTS) is 1. The van der Waals surface area contributed by atoms with Crippen LogP contribution in [0.5, 0.6) is 0 Å². The van der Waals surface area contributed by atoms with Crippen molar-refractivity contribution >= 4 is 22.8 Å². The van der Waals surface area contributed by atoms with Gasteiger partial charge in [-0.25, -0.2) is 9.18 Å². The Morgan fingerprint density at radius 3 is 2.52 bits per heavy atom. The molecule has 3 rings (SSSR count). The number of halogens is 1. The number of para-hydroxylation sites is 1. The van der Waals surface area contributed by atoms with E-state index in [1.54, 1.807) is 6.07 Å². The lowest BCUT2D eigenvalue weighted by Gasteiger charge is -2.15. The van der Waals surface area contributed by atoms with Crippen molar-refractivity contribution in [2.24, 2.45) is 0 Å². The van der Waals surface area contributed by atoms with E-state index in [0.717, 1.165) is 17.0 Å². The number of benzene rings is 2. The van der Waals surface area contributed by atoms with Crippen molar-refractivity contribution in [2.75, 3.05) is 0 Å². The SMILES string of the molecule is O=C(N[C@@H](Cc1ccc2ccccc2n1)C(=O)O)c1ccccc1F. The summed E-state index contributed by atoms with van der Waals surface area (Å²) >= 11 is 0. The monoisotopic (exact) mass is 338 g/mol. The number of aromatic nitrogens is 1. The fraction of sp³-hybridized carbons (Fsp3) is 0.105. The summed E-state index contributed by atoms with van der Waals surface area (Å²) in [6.45, 7) is 0. The third kappa shape index (κ3) is 3.80.